The van der Waals surface area contributed by atoms with Crippen molar-refractivity contribution in [1.29, 1.82) is 0 Å². The zero-order valence-electron chi connectivity index (χ0n) is 32.5. The summed E-state index contributed by atoms with van der Waals surface area (Å²) in [6, 6.07) is 24.9. The Labute approximate surface area is 338 Å². The number of hydrogen-bond donors (Lipinski definition) is 3. The van der Waals surface area contributed by atoms with Gasteiger partial charge in [0.25, 0.3) is 5.91 Å². The van der Waals surface area contributed by atoms with Crippen molar-refractivity contribution in [2.75, 3.05) is 27.6 Å². The lowest BCUT2D eigenvalue weighted by molar-refractivity contribution is -0.149. The van der Waals surface area contributed by atoms with Crippen LogP contribution in [0.5, 0.6) is 17.2 Å². The largest absolute Gasteiger partial charge is 0.492 e. The quantitative estimate of drug-likeness (QED) is 0.0682. The number of ether oxygens (including phenoxy) is 5. The molecule has 1 saturated carbocycles. The maximum atomic E-state index is 14.1. The van der Waals surface area contributed by atoms with Gasteiger partial charge in [0.05, 0.1) is 25.3 Å². The molecule has 0 spiro atoms. The highest BCUT2D eigenvalue weighted by Crippen LogP contribution is 2.33. The number of esters is 1. The van der Waals surface area contributed by atoms with Crippen molar-refractivity contribution in [3.8, 4) is 17.2 Å². The van der Waals surface area contributed by atoms with Crippen LogP contribution in [0.15, 0.2) is 91.0 Å². The third-order valence-electron chi connectivity index (χ3n) is 9.79. The lowest BCUT2D eigenvalue weighted by atomic mass is 9.90. The van der Waals surface area contributed by atoms with Crippen LogP contribution in [0.25, 0.3) is 0 Å². The zero-order valence-corrected chi connectivity index (χ0v) is 33.2. The minimum atomic E-state index is -1.20. The highest BCUT2D eigenvalue weighted by atomic mass is 35.5. The maximum Gasteiger partial charge on any atom is 0.351 e. The summed E-state index contributed by atoms with van der Waals surface area (Å²) in [6.45, 7) is 1.77. The second-order valence-electron chi connectivity index (χ2n) is 14.0. The summed E-state index contributed by atoms with van der Waals surface area (Å²) in [5.74, 6) is -0.647. The molecule has 4 aromatic rings. The molecule has 1 fully saturated rings. The predicted octanol–water partition coefficient (Wildman–Crippen LogP) is 6.82. The van der Waals surface area contributed by atoms with Crippen molar-refractivity contribution in [3.63, 3.8) is 0 Å². The highest BCUT2D eigenvalue weighted by molar-refractivity contribution is 6.30. The lowest BCUT2D eigenvalue weighted by Gasteiger charge is -2.25. The topological polar surface area (TPSA) is 165 Å². The summed E-state index contributed by atoms with van der Waals surface area (Å²) in [5.41, 5.74) is 8.78. The van der Waals surface area contributed by atoms with Crippen LogP contribution < -0.4 is 30.6 Å². The van der Waals surface area contributed by atoms with E-state index in [4.69, 9.17) is 41.0 Å². The van der Waals surface area contributed by atoms with Crippen LogP contribution in [0, 0.1) is 5.92 Å². The Hall–Kier alpha value is -5.59. The van der Waals surface area contributed by atoms with Crippen LogP contribution in [0.4, 0.5) is 0 Å². The summed E-state index contributed by atoms with van der Waals surface area (Å²) in [5, 5.41) is 6.30. The van der Waals surface area contributed by atoms with Crippen molar-refractivity contribution in [2.45, 2.75) is 70.1 Å². The fraction of sp³-hybridized carbons (Fsp3) is 0.364. The Morgan fingerprint density at radius 3 is 2.19 bits per heavy atom. The average Bonchev–Trinajstić information content (AvgIpc) is 3.21. The van der Waals surface area contributed by atoms with Crippen LogP contribution in [0.3, 0.4) is 0 Å². The minimum absolute atomic E-state index is 0.0814. The molecule has 5 rings (SSSR count). The smallest absolute Gasteiger partial charge is 0.351 e. The first kappa shape index (κ1) is 42.6. The van der Waals surface area contributed by atoms with Gasteiger partial charge in [-0.2, -0.15) is 0 Å². The van der Waals surface area contributed by atoms with Gasteiger partial charge >= 0.3 is 5.97 Å². The Morgan fingerprint density at radius 2 is 1.53 bits per heavy atom. The monoisotopic (exact) mass is 799 g/mol. The number of amides is 3. The van der Waals surface area contributed by atoms with E-state index >= 15 is 0 Å². The van der Waals surface area contributed by atoms with Gasteiger partial charge in [-0.15, -0.1) is 0 Å². The molecule has 0 heterocycles. The maximum absolute atomic E-state index is 14.1. The summed E-state index contributed by atoms with van der Waals surface area (Å²) in [7, 11) is 2.72. The fourth-order valence-electron chi connectivity index (χ4n) is 6.87. The predicted molar refractivity (Wildman–Crippen MR) is 215 cm³/mol. The molecular formula is C44H50ClN3O9. The van der Waals surface area contributed by atoms with E-state index < -0.39 is 36.0 Å². The van der Waals surface area contributed by atoms with Gasteiger partial charge in [-0.25, -0.2) is 4.79 Å². The molecule has 0 aliphatic heterocycles. The molecule has 4 N–H and O–H groups in total. The molecule has 2 unspecified atom stereocenters. The van der Waals surface area contributed by atoms with Gasteiger partial charge in [0, 0.05) is 31.0 Å². The number of hydrogen-bond acceptors (Lipinski definition) is 9. The normalized spacial score (nSPS) is 14.4. The van der Waals surface area contributed by atoms with Gasteiger partial charge < -0.3 is 40.1 Å². The van der Waals surface area contributed by atoms with Crippen LogP contribution in [-0.4, -0.2) is 57.4 Å². The first-order valence-corrected chi connectivity index (χ1v) is 19.3. The van der Waals surface area contributed by atoms with E-state index in [9.17, 15) is 19.2 Å². The van der Waals surface area contributed by atoms with E-state index in [1.807, 2.05) is 36.4 Å². The molecule has 1 aliphatic carbocycles. The molecule has 3 amide bonds. The van der Waals surface area contributed by atoms with Gasteiger partial charge in [-0.1, -0.05) is 79.4 Å². The Morgan fingerprint density at radius 1 is 0.807 bits per heavy atom. The number of carbonyl (C=O) groups is 4. The first-order chi connectivity index (χ1) is 27.5. The Bertz CT molecular complexity index is 1970. The second-order valence-corrected chi connectivity index (χ2v) is 14.5. The van der Waals surface area contributed by atoms with Gasteiger partial charge in [0.1, 0.15) is 23.3 Å². The highest BCUT2D eigenvalue weighted by Gasteiger charge is 2.29. The molecular weight excluding hydrogens is 750 g/mol. The van der Waals surface area contributed by atoms with Crippen LogP contribution in [0.2, 0.25) is 5.02 Å². The summed E-state index contributed by atoms with van der Waals surface area (Å²) < 4.78 is 27.9. The fourth-order valence-corrected chi connectivity index (χ4v) is 7.03. The SMILES string of the molecule is COCOc1cc(Cl)ccc1C(Oc1ccc(C[C@H](NC(C)=O)C(=O)NC(Cc2ccccc2)c2ccc(OCC3CCCCC3)c(C(N)=O)c2)cc1)C(=O)OC. The molecule has 0 bridgehead atoms. The molecule has 4 aromatic carbocycles. The lowest BCUT2D eigenvalue weighted by Crippen LogP contribution is -2.48. The molecule has 13 heteroatoms. The number of primary amides is 1. The molecule has 1 aliphatic rings. The van der Waals surface area contributed by atoms with E-state index in [1.165, 1.54) is 40.4 Å². The number of methoxy groups -OCH3 is 2. The van der Waals surface area contributed by atoms with Gasteiger partial charge in [-0.05, 0) is 84.3 Å². The van der Waals surface area contributed by atoms with Crippen molar-refractivity contribution in [2.24, 2.45) is 11.7 Å². The molecule has 3 atom stereocenters. The standard InChI is InChI=1S/C44H50ClN3O9/c1-28(49)47-38(23-30-14-18-34(19-15-30)57-41(44(52)54-3)35-20-17-33(45)25-40(35)56-27-53-2)43(51)48-37(22-29-10-6-4-7-11-29)32-16-21-39(36(24-32)42(46)50)55-26-31-12-8-5-9-13-31/h4,6-7,10-11,14-21,24-25,31,37-38,41H,5,8-9,12-13,22-23,26-27H2,1-3H3,(H2,46,50)(H,47,49)(H,48,51)/t37?,38-,41?/m0/s1. The van der Waals surface area contributed by atoms with E-state index in [2.05, 4.69) is 10.6 Å². The van der Waals surface area contributed by atoms with Crippen molar-refractivity contribution in [1.82, 2.24) is 10.6 Å². The molecule has 12 nitrogen and oxygen atoms in total. The second kappa shape index (κ2) is 21.1. The van der Waals surface area contributed by atoms with Gasteiger partial charge in [0.15, 0.2) is 6.79 Å². The molecule has 0 saturated heterocycles. The molecule has 302 valence electrons. The van der Waals surface area contributed by atoms with Crippen molar-refractivity contribution in [3.05, 3.63) is 124 Å². The third-order valence-corrected chi connectivity index (χ3v) is 10.0. The summed E-state index contributed by atoms with van der Waals surface area (Å²) >= 11 is 6.18. The number of benzene rings is 4. The first-order valence-electron chi connectivity index (χ1n) is 19.0. The molecule has 0 radical (unpaired) electrons. The molecule has 0 aromatic heterocycles. The third kappa shape index (κ3) is 12.5. The Balaban J connectivity index is 1.35. The zero-order chi connectivity index (χ0) is 40.7. The molecule has 57 heavy (non-hydrogen) atoms. The Kier molecular flexibility index (Phi) is 15.7. The van der Waals surface area contributed by atoms with Gasteiger partial charge in [-0.3, -0.25) is 14.4 Å². The van der Waals surface area contributed by atoms with E-state index in [1.54, 1.807) is 54.6 Å². The van der Waals surface area contributed by atoms with E-state index in [0.717, 1.165) is 18.4 Å². The number of nitrogens with two attached hydrogens (primary N) is 1. The van der Waals surface area contributed by atoms with Crippen LogP contribution >= 0.6 is 11.6 Å². The number of nitrogens with one attached hydrogen (secondary N) is 2. The van der Waals surface area contributed by atoms with Crippen LogP contribution in [0.1, 0.15) is 83.8 Å². The van der Waals surface area contributed by atoms with E-state index in [0.29, 0.717) is 52.2 Å². The summed E-state index contributed by atoms with van der Waals surface area (Å²) in [4.78, 5) is 52.1. The number of carbonyl (C=O) groups excluding carboxylic acids is 4. The van der Waals surface area contributed by atoms with Crippen molar-refractivity contribution >= 4 is 35.3 Å². The number of halogens is 1. The average molecular weight is 800 g/mol. The summed E-state index contributed by atoms with van der Waals surface area (Å²) in [6.07, 6.45) is 5.10. The van der Waals surface area contributed by atoms with Gasteiger partial charge in [0.2, 0.25) is 17.9 Å². The number of rotatable bonds is 19. The van der Waals surface area contributed by atoms with Crippen LogP contribution in [-0.2, 0) is 36.7 Å². The van der Waals surface area contributed by atoms with E-state index in [-0.39, 0.29) is 30.4 Å². The minimum Gasteiger partial charge on any atom is -0.492 e. The van der Waals surface area contributed by atoms with Crippen molar-refractivity contribution < 1.29 is 42.9 Å².